The van der Waals surface area contributed by atoms with Gasteiger partial charge in [0.15, 0.2) is 5.41 Å². The average Bonchev–Trinajstić information content (AvgIpc) is 2.94. The number of hydrogen-bond acceptors (Lipinski definition) is 0. The number of halogens is 3. The molecule has 0 saturated carbocycles. The number of aromatic nitrogens is 1. The molecule has 1 nitrogen and oxygen atoms in total. The molecule has 0 fully saturated rings. The predicted octanol–water partition coefficient (Wildman–Crippen LogP) is 4.96. The predicted molar refractivity (Wildman–Crippen MR) is 85.1 cm³/mol. The summed E-state index contributed by atoms with van der Waals surface area (Å²) in [7, 11) is 0. The molecule has 4 heteroatoms. The number of aryl methyl sites for hydroxylation is 1. The summed E-state index contributed by atoms with van der Waals surface area (Å²) >= 11 is 0. The highest BCUT2D eigenvalue weighted by molar-refractivity contribution is 5.88. The summed E-state index contributed by atoms with van der Waals surface area (Å²) in [6, 6.07) is 12.9. The number of terminal acetylenes is 1. The van der Waals surface area contributed by atoms with Crippen LogP contribution in [0.5, 0.6) is 0 Å². The van der Waals surface area contributed by atoms with Gasteiger partial charge in [0.05, 0.1) is 0 Å². The van der Waals surface area contributed by atoms with Crippen LogP contribution in [0.25, 0.3) is 10.9 Å². The molecule has 1 N–H and O–H groups in total. The van der Waals surface area contributed by atoms with E-state index in [4.69, 9.17) is 6.42 Å². The summed E-state index contributed by atoms with van der Waals surface area (Å²) in [5.74, 6) is 2.04. The highest BCUT2D eigenvalue weighted by Gasteiger charge is 2.57. The summed E-state index contributed by atoms with van der Waals surface area (Å²) in [6.45, 7) is 1.84. The maximum absolute atomic E-state index is 14.1. The van der Waals surface area contributed by atoms with Gasteiger partial charge >= 0.3 is 6.18 Å². The van der Waals surface area contributed by atoms with Crippen molar-refractivity contribution in [1.82, 2.24) is 4.98 Å². The Balaban J connectivity index is 2.41. The smallest absolute Gasteiger partial charge is 0.361 e. The van der Waals surface area contributed by atoms with Crippen LogP contribution in [-0.4, -0.2) is 11.2 Å². The number of hydrogen-bond donors (Lipinski definition) is 1. The summed E-state index contributed by atoms with van der Waals surface area (Å²) in [5.41, 5.74) is -0.854. The molecule has 0 bridgehead atoms. The van der Waals surface area contributed by atoms with Crippen molar-refractivity contribution in [3.63, 3.8) is 0 Å². The molecule has 1 unspecified atom stereocenters. The Hall–Kier alpha value is -2.67. The third-order valence-corrected chi connectivity index (χ3v) is 4.18. The third-order valence-electron chi connectivity index (χ3n) is 4.18. The van der Waals surface area contributed by atoms with Crippen molar-refractivity contribution in [3.8, 4) is 12.3 Å². The second-order valence-electron chi connectivity index (χ2n) is 5.46. The van der Waals surface area contributed by atoms with Gasteiger partial charge in [-0.25, -0.2) is 0 Å². The zero-order valence-corrected chi connectivity index (χ0v) is 12.4. The standard InChI is InChI=1S/C19H14F3N/c1-3-18(19(20,21)22,14-9-5-4-6-10-14)16-12-23-17-13(2)8-7-11-15(16)17/h1,4-12,23H,2H3. The summed E-state index contributed by atoms with van der Waals surface area (Å²) in [4.78, 5) is 2.94. The van der Waals surface area contributed by atoms with E-state index in [1.165, 1.54) is 18.3 Å². The zero-order valence-electron chi connectivity index (χ0n) is 12.4. The van der Waals surface area contributed by atoms with E-state index in [1.807, 2.05) is 18.9 Å². The molecule has 0 aliphatic rings. The van der Waals surface area contributed by atoms with Gasteiger partial charge in [-0.05, 0) is 18.1 Å². The van der Waals surface area contributed by atoms with E-state index in [-0.39, 0.29) is 11.1 Å². The number of rotatable bonds is 2. The first-order valence-corrected chi connectivity index (χ1v) is 7.09. The molecule has 0 radical (unpaired) electrons. The molecular weight excluding hydrogens is 299 g/mol. The minimum absolute atomic E-state index is 0.0393. The third kappa shape index (κ3) is 2.12. The number of alkyl halides is 3. The first-order chi connectivity index (χ1) is 10.9. The molecule has 1 heterocycles. The van der Waals surface area contributed by atoms with Gasteiger partial charge in [-0.2, -0.15) is 13.2 Å². The van der Waals surface area contributed by atoms with Gasteiger partial charge in [-0.3, -0.25) is 0 Å². The second-order valence-corrected chi connectivity index (χ2v) is 5.46. The van der Waals surface area contributed by atoms with Crippen LogP contribution in [0.1, 0.15) is 16.7 Å². The second kappa shape index (κ2) is 5.20. The summed E-state index contributed by atoms with van der Waals surface area (Å²) < 4.78 is 42.3. The minimum atomic E-state index is -4.62. The summed E-state index contributed by atoms with van der Waals surface area (Å²) in [5, 5.41) is 0.490. The normalized spacial score (nSPS) is 14.4. The van der Waals surface area contributed by atoms with Crippen molar-refractivity contribution < 1.29 is 13.2 Å². The Morgan fingerprint density at radius 1 is 1.00 bits per heavy atom. The Bertz CT molecular complexity index is 884. The van der Waals surface area contributed by atoms with Crippen LogP contribution in [0.3, 0.4) is 0 Å². The molecule has 3 aromatic rings. The van der Waals surface area contributed by atoms with Crippen LogP contribution in [0.2, 0.25) is 0 Å². The van der Waals surface area contributed by atoms with Gasteiger partial charge in [-0.15, -0.1) is 6.42 Å². The summed E-state index contributed by atoms with van der Waals surface area (Å²) in [6.07, 6.45) is 2.21. The van der Waals surface area contributed by atoms with Crippen molar-refractivity contribution in [2.24, 2.45) is 0 Å². The van der Waals surface area contributed by atoms with Gasteiger partial charge in [0, 0.05) is 22.7 Å². The molecule has 1 aromatic heterocycles. The number of aromatic amines is 1. The van der Waals surface area contributed by atoms with Gasteiger partial charge in [0.2, 0.25) is 0 Å². The lowest BCUT2D eigenvalue weighted by molar-refractivity contribution is -0.161. The quantitative estimate of drug-likeness (QED) is 0.644. The fourth-order valence-corrected chi connectivity index (χ4v) is 3.02. The molecule has 1 atom stereocenters. The SMILES string of the molecule is C#CC(c1ccccc1)(c1c[nH]c2c(C)cccc12)C(F)(F)F. The molecule has 0 aliphatic carbocycles. The Morgan fingerprint density at radius 3 is 2.30 bits per heavy atom. The van der Waals surface area contributed by atoms with Gasteiger partial charge in [0.1, 0.15) is 0 Å². The van der Waals surface area contributed by atoms with E-state index >= 15 is 0 Å². The highest BCUT2D eigenvalue weighted by atomic mass is 19.4. The van der Waals surface area contributed by atoms with Crippen LogP contribution < -0.4 is 0 Å². The molecule has 0 amide bonds. The lowest BCUT2D eigenvalue weighted by atomic mass is 9.74. The van der Waals surface area contributed by atoms with Crippen molar-refractivity contribution in [3.05, 3.63) is 71.4 Å². The molecule has 0 spiro atoms. The van der Waals surface area contributed by atoms with Crippen molar-refractivity contribution in [2.45, 2.75) is 18.5 Å². The molecule has 2 aromatic carbocycles. The fraction of sp³-hybridized carbons (Fsp3) is 0.158. The number of nitrogens with one attached hydrogen (secondary N) is 1. The largest absolute Gasteiger partial charge is 0.413 e. The number of fused-ring (bicyclic) bond motifs is 1. The van der Waals surface area contributed by atoms with E-state index < -0.39 is 11.6 Å². The van der Waals surface area contributed by atoms with Gasteiger partial charge in [0.25, 0.3) is 0 Å². The van der Waals surface area contributed by atoms with Gasteiger partial charge in [-0.1, -0.05) is 54.5 Å². The molecule has 3 rings (SSSR count). The Kier molecular flexibility index (Phi) is 3.45. The Labute approximate surface area is 132 Å². The lowest BCUT2D eigenvalue weighted by Crippen LogP contribution is -2.42. The van der Waals surface area contributed by atoms with Crippen LogP contribution in [0, 0.1) is 19.3 Å². The first kappa shape index (κ1) is 15.2. The molecule has 0 saturated heterocycles. The Morgan fingerprint density at radius 2 is 1.70 bits per heavy atom. The highest BCUT2D eigenvalue weighted by Crippen LogP contribution is 2.48. The van der Waals surface area contributed by atoms with Crippen molar-refractivity contribution >= 4 is 10.9 Å². The van der Waals surface area contributed by atoms with E-state index in [0.717, 1.165) is 5.56 Å². The van der Waals surface area contributed by atoms with Crippen LogP contribution in [0.4, 0.5) is 13.2 Å². The van der Waals surface area contributed by atoms with E-state index in [9.17, 15) is 13.2 Å². The van der Waals surface area contributed by atoms with Crippen molar-refractivity contribution in [1.29, 1.82) is 0 Å². The zero-order chi connectivity index (χ0) is 16.7. The average molecular weight is 313 g/mol. The number of benzene rings is 2. The fourth-order valence-electron chi connectivity index (χ4n) is 3.02. The van der Waals surface area contributed by atoms with Crippen molar-refractivity contribution in [2.75, 3.05) is 0 Å². The topological polar surface area (TPSA) is 15.8 Å². The van der Waals surface area contributed by atoms with Gasteiger partial charge < -0.3 is 4.98 Å². The van der Waals surface area contributed by atoms with Crippen LogP contribution in [0.15, 0.2) is 54.7 Å². The molecule has 0 aliphatic heterocycles. The van der Waals surface area contributed by atoms with E-state index in [0.29, 0.717) is 10.9 Å². The first-order valence-electron chi connectivity index (χ1n) is 7.09. The monoisotopic (exact) mass is 313 g/mol. The maximum atomic E-state index is 14.1. The maximum Gasteiger partial charge on any atom is 0.413 e. The van der Waals surface area contributed by atoms with Crippen LogP contribution >= 0.6 is 0 Å². The number of H-pyrrole nitrogens is 1. The minimum Gasteiger partial charge on any atom is -0.361 e. The lowest BCUT2D eigenvalue weighted by Gasteiger charge is -2.31. The van der Waals surface area contributed by atoms with E-state index in [2.05, 4.69) is 4.98 Å². The molecular formula is C19H14F3N. The molecule has 23 heavy (non-hydrogen) atoms. The molecule has 116 valence electrons. The number of para-hydroxylation sites is 1. The van der Waals surface area contributed by atoms with E-state index in [1.54, 1.807) is 30.3 Å². The van der Waals surface area contributed by atoms with Crippen LogP contribution in [-0.2, 0) is 5.41 Å².